The van der Waals surface area contributed by atoms with E-state index in [4.69, 9.17) is 9.68 Å². The smallest absolute Gasteiger partial charge is 0.180 e. The third-order valence-electron chi connectivity index (χ3n) is 7.32. The van der Waals surface area contributed by atoms with Gasteiger partial charge in [0, 0.05) is 50.6 Å². The number of imidazole rings is 1. The van der Waals surface area contributed by atoms with Crippen molar-refractivity contribution < 1.29 is 24.5 Å². The van der Waals surface area contributed by atoms with Gasteiger partial charge >= 0.3 is 0 Å². The summed E-state index contributed by atoms with van der Waals surface area (Å²) in [6.07, 6.45) is 5.49. The van der Waals surface area contributed by atoms with E-state index in [1.165, 1.54) is 11.1 Å². The molecule has 7 aromatic rings. The zero-order valence-corrected chi connectivity index (χ0v) is 27.9. The molecular weight excluding hydrogens is 739 g/mol. The van der Waals surface area contributed by atoms with Crippen LogP contribution in [0.1, 0.15) is 33.7 Å². The van der Waals surface area contributed by atoms with Crippen LogP contribution in [0.5, 0.6) is 0 Å². The normalized spacial score (nSPS) is 10.6. The first-order chi connectivity index (χ1) is 21.3. The number of oxazole rings is 1. The van der Waals surface area contributed by atoms with Gasteiger partial charge in [0.05, 0.1) is 29.0 Å². The molecule has 9 heteroatoms. The zero-order chi connectivity index (χ0) is 30.8. The van der Waals surface area contributed by atoms with Crippen molar-refractivity contribution in [2.45, 2.75) is 34.6 Å². The van der Waals surface area contributed by atoms with Crippen molar-refractivity contribution in [2.75, 3.05) is 0 Å². The predicted molar refractivity (Wildman–Crippen MR) is 169 cm³/mol. The molecule has 0 bridgehead atoms. The third-order valence-corrected chi connectivity index (χ3v) is 7.32. The summed E-state index contributed by atoms with van der Waals surface area (Å²) >= 11 is 0. The number of aromatic nitrogens is 6. The molecule has 0 saturated heterocycles. The molecule has 0 unspecified atom stereocenters. The summed E-state index contributed by atoms with van der Waals surface area (Å²) in [5.41, 5.74) is 10.7. The SMILES string of the molecule is Cc1cccc(C)c1-n1cnc(-c2[c-]ccc(C#N)c2)n1.Cc1nc2cc(-c3nccn3-c3c(C)cccc3C)[c-]cc2o1.[Ir]. The summed E-state index contributed by atoms with van der Waals surface area (Å²) < 4.78 is 9.40. The van der Waals surface area contributed by atoms with Crippen LogP contribution in [0.2, 0.25) is 0 Å². The molecule has 0 fully saturated rings. The number of fused-ring (bicyclic) bond motifs is 1. The minimum Gasteiger partial charge on any atom is -0.488 e. The molecule has 225 valence electrons. The third kappa shape index (κ3) is 6.39. The molecular formula is C36H29IrN7O-2. The fraction of sp³-hybridized carbons (Fsp3) is 0.139. The second-order valence-corrected chi connectivity index (χ2v) is 10.5. The average Bonchev–Trinajstić information content (AvgIpc) is 3.77. The van der Waals surface area contributed by atoms with E-state index in [0.29, 0.717) is 17.3 Å². The van der Waals surface area contributed by atoms with Crippen LogP contribution in [-0.2, 0) is 20.1 Å². The van der Waals surface area contributed by atoms with Crippen LogP contribution in [0, 0.1) is 58.1 Å². The molecule has 3 heterocycles. The fourth-order valence-electron chi connectivity index (χ4n) is 5.31. The summed E-state index contributed by atoms with van der Waals surface area (Å²) in [6.45, 7) is 10.2. The average molecular weight is 768 g/mol. The Morgan fingerprint density at radius 1 is 0.822 bits per heavy atom. The number of nitriles is 1. The summed E-state index contributed by atoms with van der Waals surface area (Å²) in [4.78, 5) is 13.3. The first-order valence-corrected chi connectivity index (χ1v) is 14.1. The summed E-state index contributed by atoms with van der Waals surface area (Å²) in [7, 11) is 0. The largest absolute Gasteiger partial charge is 0.488 e. The van der Waals surface area contributed by atoms with Gasteiger partial charge in [0.2, 0.25) is 0 Å². The van der Waals surface area contributed by atoms with E-state index >= 15 is 0 Å². The predicted octanol–water partition coefficient (Wildman–Crippen LogP) is 7.63. The van der Waals surface area contributed by atoms with Crippen molar-refractivity contribution in [3.8, 4) is 40.2 Å². The van der Waals surface area contributed by atoms with Crippen molar-refractivity contribution in [1.29, 1.82) is 5.26 Å². The molecule has 0 aliphatic rings. The molecule has 8 nitrogen and oxygen atoms in total. The van der Waals surface area contributed by atoms with Crippen LogP contribution in [0.4, 0.5) is 0 Å². The van der Waals surface area contributed by atoms with Crippen molar-refractivity contribution in [1.82, 2.24) is 29.3 Å². The number of nitrogens with zero attached hydrogens (tertiary/aromatic N) is 7. The number of hydrogen-bond acceptors (Lipinski definition) is 6. The molecule has 0 spiro atoms. The van der Waals surface area contributed by atoms with Gasteiger partial charge in [0.25, 0.3) is 0 Å². The van der Waals surface area contributed by atoms with Gasteiger partial charge in [-0.2, -0.15) is 10.4 Å². The summed E-state index contributed by atoms with van der Waals surface area (Å²) in [6, 6.07) is 29.8. The summed E-state index contributed by atoms with van der Waals surface area (Å²) in [5, 5.41) is 13.5. The Morgan fingerprint density at radius 2 is 1.51 bits per heavy atom. The first-order valence-electron chi connectivity index (χ1n) is 14.1. The van der Waals surface area contributed by atoms with Crippen molar-refractivity contribution in [2.24, 2.45) is 0 Å². The number of para-hydroxylation sites is 2. The zero-order valence-electron chi connectivity index (χ0n) is 25.5. The maximum Gasteiger partial charge on any atom is 0.180 e. The van der Waals surface area contributed by atoms with Crippen LogP contribution in [-0.4, -0.2) is 29.3 Å². The second-order valence-electron chi connectivity index (χ2n) is 10.5. The fourth-order valence-corrected chi connectivity index (χ4v) is 5.31. The van der Waals surface area contributed by atoms with Crippen LogP contribution < -0.4 is 0 Å². The standard InChI is InChI=1S/C19H16N3O.C17H13N4.Ir/c1-12-5-4-6-13(2)18(12)22-10-9-20-19(22)15-7-8-17-16(11-15)21-14(3)23-17;1-12-5-3-6-13(2)16(12)21-11-19-17(20-21)15-8-4-7-14(9-15)10-18;/h4-6,8-11H,1-3H3;3-7,9,11H,1-2H3;/q2*-1;. The minimum absolute atomic E-state index is 0. The molecule has 1 radical (unpaired) electrons. The molecule has 0 N–H and O–H groups in total. The van der Waals surface area contributed by atoms with E-state index < -0.39 is 0 Å². The Morgan fingerprint density at radius 3 is 2.20 bits per heavy atom. The van der Waals surface area contributed by atoms with Crippen LogP contribution in [0.3, 0.4) is 0 Å². The van der Waals surface area contributed by atoms with E-state index in [9.17, 15) is 0 Å². The molecule has 4 aromatic carbocycles. The van der Waals surface area contributed by atoms with E-state index in [0.717, 1.165) is 50.6 Å². The molecule has 0 amide bonds. The minimum atomic E-state index is 0. The van der Waals surface area contributed by atoms with Crippen LogP contribution in [0.25, 0.3) is 45.3 Å². The number of hydrogen-bond donors (Lipinski definition) is 0. The van der Waals surface area contributed by atoms with Gasteiger partial charge in [-0.15, -0.1) is 53.6 Å². The van der Waals surface area contributed by atoms with Crippen molar-refractivity contribution >= 4 is 11.1 Å². The van der Waals surface area contributed by atoms with Crippen LogP contribution in [0.15, 0.2) is 89.9 Å². The maximum atomic E-state index is 8.96. The second kappa shape index (κ2) is 13.2. The van der Waals surface area contributed by atoms with E-state index in [1.54, 1.807) is 29.2 Å². The van der Waals surface area contributed by atoms with Gasteiger partial charge in [-0.25, -0.2) is 9.67 Å². The Labute approximate surface area is 275 Å². The Kier molecular flexibility index (Phi) is 9.19. The Bertz CT molecular complexity index is 2130. The van der Waals surface area contributed by atoms with Gasteiger partial charge in [0.1, 0.15) is 6.33 Å². The molecule has 0 atom stereocenters. The number of aryl methyl sites for hydroxylation is 5. The number of benzene rings is 4. The van der Waals surface area contributed by atoms with Gasteiger partial charge in [0.15, 0.2) is 5.89 Å². The molecule has 0 aliphatic carbocycles. The van der Waals surface area contributed by atoms with Gasteiger partial charge in [-0.3, -0.25) is 9.97 Å². The first kappa shape index (κ1) is 31.3. The molecule has 7 rings (SSSR count). The Balaban J connectivity index is 0.000000175. The molecule has 45 heavy (non-hydrogen) atoms. The number of rotatable bonds is 4. The topological polar surface area (TPSA) is 98.4 Å². The maximum absolute atomic E-state index is 8.96. The van der Waals surface area contributed by atoms with E-state index in [2.05, 4.69) is 74.9 Å². The van der Waals surface area contributed by atoms with Gasteiger partial charge < -0.3 is 8.98 Å². The molecule has 0 aliphatic heterocycles. The van der Waals surface area contributed by atoms with Crippen molar-refractivity contribution in [3.05, 3.63) is 131 Å². The van der Waals surface area contributed by atoms with Gasteiger partial charge in [-0.1, -0.05) is 36.4 Å². The monoisotopic (exact) mass is 768 g/mol. The van der Waals surface area contributed by atoms with E-state index in [1.807, 2.05) is 63.5 Å². The molecule has 3 aromatic heterocycles. The van der Waals surface area contributed by atoms with E-state index in [-0.39, 0.29) is 20.1 Å². The van der Waals surface area contributed by atoms with Gasteiger partial charge in [-0.05, 0) is 55.5 Å². The quantitative estimate of drug-likeness (QED) is 0.171. The van der Waals surface area contributed by atoms with Crippen LogP contribution >= 0.6 is 0 Å². The van der Waals surface area contributed by atoms with Crippen molar-refractivity contribution in [3.63, 3.8) is 0 Å². The Hall–Kier alpha value is -5.16. The summed E-state index contributed by atoms with van der Waals surface area (Å²) in [5.74, 6) is 2.07. The molecule has 0 saturated carbocycles.